The van der Waals surface area contributed by atoms with E-state index in [1.54, 1.807) is 6.33 Å². The van der Waals surface area contributed by atoms with Crippen LogP contribution in [-0.2, 0) is 0 Å². The number of aromatic nitrogens is 2. The van der Waals surface area contributed by atoms with Crippen LogP contribution in [0.2, 0.25) is 0 Å². The molecule has 1 aromatic heterocycles. The molecule has 0 aliphatic heterocycles. The molecule has 0 bridgehead atoms. The molecule has 4 heteroatoms. The first-order valence-corrected chi connectivity index (χ1v) is 6.19. The Morgan fingerprint density at radius 1 is 1.38 bits per heavy atom. The average Bonchev–Trinajstić information content (AvgIpc) is 2.08. The third-order valence-electron chi connectivity index (χ3n) is 1.87. The number of halogens is 1. The number of hydrogen-bond donors (Lipinski definition) is 0. The van der Waals surface area contributed by atoms with E-state index in [0.717, 1.165) is 8.60 Å². The van der Waals surface area contributed by atoms with Crippen LogP contribution in [0.3, 0.4) is 0 Å². The van der Waals surface area contributed by atoms with E-state index in [9.17, 15) is 0 Å². The monoisotopic (exact) mass is 308 g/mol. The molecular weight excluding hydrogens is 295 g/mol. The zero-order chi connectivity index (χ0) is 9.84. The second-order valence-corrected chi connectivity index (χ2v) is 5.77. The first kappa shape index (κ1) is 11.2. The molecule has 0 spiro atoms. The summed E-state index contributed by atoms with van der Waals surface area (Å²) < 4.78 is 1.14. The van der Waals surface area contributed by atoms with Crippen molar-refractivity contribution in [3.8, 4) is 0 Å². The summed E-state index contributed by atoms with van der Waals surface area (Å²) in [5.74, 6) is 0.677. The molecule has 0 N–H and O–H groups in total. The summed E-state index contributed by atoms with van der Waals surface area (Å²) >= 11 is 4.09. The molecule has 1 heterocycles. The van der Waals surface area contributed by atoms with Gasteiger partial charge in [0.15, 0.2) is 0 Å². The van der Waals surface area contributed by atoms with Gasteiger partial charge in [-0.1, -0.05) is 20.8 Å². The lowest BCUT2D eigenvalue weighted by molar-refractivity contribution is 0.641. The van der Waals surface area contributed by atoms with Crippen LogP contribution in [0.25, 0.3) is 0 Å². The van der Waals surface area contributed by atoms with Gasteiger partial charge >= 0.3 is 0 Å². The molecule has 13 heavy (non-hydrogen) atoms. The van der Waals surface area contributed by atoms with E-state index in [1.165, 1.54) is 0 Å². The zero-order valence-electron chi connectivity index (χ0n) is 7.99. The molecule has 1 aromatic rings. The molecule has 0 aliphatic carbocycles. The summed E-state index contributed by atoms with van der Waals surface area (Å²) in [6, 6.07) is 0. The van der Waals surface area contributed by atoms with Crippen molar-refractivity contribution in [2.45, 2.75) is 31.0 Å². The van der Waals surface area contributed by atoms with Gasteiger partial charge in [0.1, 0.15) is 11.4 Å². The Kier molecular flexibility index (Phi) is 4.45. The molecule has 0 aliphatic rings. The third kappa shape index (κ3) is 3.42. The normalized spacial score (nSPS) is 13.3. The quantitative estimate of drug-likeness (QED) is 0.487. The maximum atomic E-state index is 4.24. The molecule has 1 atom stereocenters. The Labute approximate surface area is 97.1 Å². The van der Waals surface area contributed by atoms with E-state index < -0.39 is 0 Å². The van der Waals surface area contributed by atoms with E-state index in [1.807, 2.05) is 18.0 Å². The Morgan fingerprint density at radius 3 is 2.62 bits per heavy atom. The van der Waals surface area contributed by atoms with Crippen molar-refractivity contribution in [1.29, 1.82) is 0 Å². The molecule has 0 aromatic carbocycles. The second-order valence-electron chi connectivity index (χ2n) is 3.24. The van der Waals surface area contributed by atoms with Gasteiger partial charge in [0.25, 0.3) is 0 Å². The predicted molar refractivity (Wildman–Crippen MR) is 64.9 cm³/mol. The van der Waals surface area contributed by atoms with E-state index in [0.29, 0.717) is 11.2 Å². The van der Waals surface area contributed by atoms with Crippen LogP contribution in [-0.4, -0.2) is 15.2 Å². The molecule has 0 saturated heterocycles. The first-order chi connectivity index (χ1) is 6.11. The van der Waals surface area contributed by atoms with E-state index in [2.05, 4.69) is 53.3 Å². The van der Waals surface area contributed by atoms with Crippen molar-refractivity contribution in [1.82, 2.24) is 9.97 Å². The Bertz CT molecular complexity index is 278. The van der Waals surface area contributed by atoms with Gasteiger partial charge in [-0.05, 0) is 28.5 Å². The summed E-state index contributed by atoms with van der Waals surface area (Å²) in [5, 5.41) is 1.69. The lowest BCUT2D eigenvalue weighted by atomic mass is 10.2. The molecule has 1 unspecified atom stereocenters. The van der Waals surface area contributed by atoms with Crippen LogP contribution in [0.1, 0.15) is 20.8 Å². The van der Waals surface area contributed by atoms with Crippen molar-refractivity contribution in [3.63, 3.8) is 0 Å². The largest absolute Gasteiger partial charge is 0.244 e. The molecule has 2 nitrogen and oxygen atoms in total. The summed E-state index contributed by atoms with van der Waals surface area (Å²) in [4.78, 5) is 8.21. The maximum absolute atomic E-state index is 4.24. The van der Waals surface area contributed by atoms with Crippen LogP contribution in [0.5, 0.6) is 0 Å². The molecular formula is C9H13IN2S. The lowest BCUT2D eigenvalue weighted by Crippen LogP contribution is -2.06. The van der Waals surface area contributed by atoms with Gasteiger partial charge in [-0.3, -0.25) is 0 Å². The first-order valence-electron chi connectivity index (χ1n) is 4.23. The van der Waals surface area contributed by atoms with Gasteiger partial charge in [-0.25, -0.2) is 9.97 Å². The number of hydrogen-bond acceptors (Lipinski definition) is 3. The van der Waals surface area contributed by atoms with Crippen molar-refractivity contribution in [3.05, 3.63) is 16.1 Å². The smallest absolute Gasteiger partial charge is 0.116 e. The molecule has 1 rings (SSSR count). The minimum Gasteiger partial charge on any atom is -0.244 e. The fraction of sp³-hybridized carbons (Fsp3) is 0.556. The summed E-state index contributed by atoms with van der Waals surface area (Å²) in [6.45, 7) is 6.69. The Hall–Kier alpha value is 0.160. The van der Waals surface area contributed by atoms with Crippen molar-refractivity contribution in [2.24, 2.45) is 5.92 Å². The number of thioether (sulfide) groups is 1. The van der Waals surface area contributed by atoms with Crippen LogP contribution in [0.4, 0.5) is 0 Å². The van der Waals surface area contributed by atoms with Crippen LogP contribution >= 0.6 is 34.4 Å². The van der Waals surface area contributed by atoms with Gasteiger partial charge in [0.2, 0.25) is 0 Å². The van der Waals surface area contributed by atoms with E-state index in [4.69, 9.17) is 0 Å². The second kappa shape index (κ2) is 5.14. The summed E-state index contributed by atoms with van der Waals surface area (Å²) in [7, 11) is 0. The standard InChI is InChI=1S/C9H13IN2S/c1-6(2)7(3)13-9-8(10)4-11-5-12-9/h4-7H,1-3H3. The zero-order valence-corrected chi connectivity index (χ0v) is 11.0. The Morgan fingerprint density at radius 2 is 2.08 bits per heavy atom. The molecule has 0 amide bonds. The van der Waals surface area contributed by atoms with E-state index in [-0.39, 0.29) is 0 Å². The molecule has 72 valence electrons. The van der Waals surface area contributed by atoms with Gasteiger partial charge < -0.3 is 0 Å². The molecule has 0 fully saturated rings. The highest BCUT2D eigenvalue weighted by Gasteiger charge is 2.11. The highest BCUT2D eigenvalue weighted by Crippen LogP contribution is 2.28. The minimum atomic E-state index is 0.600. The molecule has 0 saturated carbocycles. The fourth-order valence-corrected chi connectivity index (χ4v) is 2.28. The average molecular weight is 308 g/mol. The van der Waals surface area contributed by atoms with E-state index >= 15 is 0 Å². The van der Waals surface area contributed by atoms with Crippen LogP contribution < -0.4 is 0 Å². The van der Waals surface area contributed by atoms with Crippen molar-refractivity contribution < 1.29 is 0 Å². The Balaban J connectivity index is 2.69. The van der Waals surface area contributed by atoms with Gasteiger partial charge in [-0.15, -0.1) is 11.8 Å². The highest BCUT2D eigenvalue weighted by atomic mass is 127. The van der Waals surface area contributed by atoms with Crippen molar-refractivity contribution in [2.75, 3.05) is 0 Å². The van der Waals surface area contributed by atoms with Gasteiger partial charge in [0, 0.05) is 11.4 Å². The predicted octanol–water partition coefficient (Wildman–Crippen LogP) is 3.22. The number of rotatable bonds is 3. The number of nitrogens with zero attached hydrogens (tertiary/aromatic N) is 2. The maximum Gasteiger partial charge on any atom is 0.116 e. The van der Waals surface area contributed by atoms with Gasteiger partial charge in [-0.2, -0.15) is 0 Å². The summed E-state index contributed by atoms with van der Waals surface area (Å²) in [5.41, 5.74) is 0. The summed E-state index contributed by atoms with van der Waals surface area (Å²) in [6.07, 6.45) is 3.46. The highest BCUT2D eigenvalue weighted by molar-refractivity contribution is 14.1. The topological polar surface area (TPSA) is 25.8 Å². The molecule has 0 radical (unpaired) electrons. The third-order valence-corrected chi connectivity index (χ3v) is 4.49. The fourth-order valence-electron chi connectivity index (χ4n) is 0.700. The van der Waals surface area contributed by atoms with Crippen molar-refractivity contribution >= 4 is 34.4 Å². The van der Waals surface area contributed by atoms with Gasteiger partial charge in [0.05, 0.1) is 3.57 Å². The SMILES string of the molecule is CC(C)C(C)Sc1ncncc1I. The van der Waals surface area contributed by atoms with Crippen LogP contribution in [0.15, 0.2) is 17.6 Å². The minimum absolute atomic E-state index is 0.600. The lowest BCUT2D eigenvalue weighted by Gasteiger charge is -2.14. The van der Waals surface area contributed by atoms with Crippen LogP contribution in [0, 0.1) is 9.49 Å².